The number of carbonyl (C=O) groups is 1. The molecule has 0 saturated carbocycles. The fraction of sp³-hybridized carbons (Fsp3) is 0.278. The molecule has 0 amide bonds. The van der Waals surface area contributed by atoms with Crippen molar-refractivity contribution in [2.24, 2.45) is 0 Å². The van der Waals surface area contributed by atoms with Gasteiger partial charge in [-0.1, -0.05) is 24.3 Å². The van der Waals surface area contributed by atoms with Crippen molar-refractivity contribution in [2.75, 3.05) is 6.61 Å². The molecule has 114 valence electrons. The molecule has 3 rings (SSSR count). The number of hydrogen-bond acceptors (Lipinski definition) is 3. The Morgan fingerprint density at radius 3 is 2.55 bits per heavy atom. The Kier molecular flexibility index (Phi) is 4.20. The number of hydrogen-bond donors (Lipinski definition) is 0. The van der Waals surface area contributed by atoms with Gasteiger partial charge in [0.15, 0.2) is 6.10 Å². The highest BCUT2D eigenvalue weighted by atomic mass is 19.1. The summed E-state index contributed by atoms with van der Waals surface area (Å²) in [6.07, 6.45) is 1.14. The summed E-state index contributed by atoms with van der Waals surface area (Å²) in [5.74, 6) is -0.116. The second-order valence-electron chi connectivity index (χ2n) is 5.41. The van der Waals surface area contributed by atoms with Crippen molar-refractivity contribution in [3.8, 4) is 16.9 Å². The summed E-state index contributed by atoms with van der Waals surface area (Å²) >= 11 is 0. The second kappa shape index (κ2) is 6.28. The van der Waals surface area contributed by atoms with E-state index < -0.39 is 6.10 Å². The molecule has 0 aromatic heterocycles. The van der Waals surface area contributed by atoms with Crippen molar-refractivity contribution in [3.05, 3.63) is 53.8 Å². The SMILES string of the molecule is Cc1ccc(-c2ccc(OC(=O)C3CCCO3)cc2)cc1F. The molecule has 3 nitrogen and oxygen atoms in total. The van der Waals surface area contributed by atoms with E-state index >= 15 is 0 Å². The van der Waals surface area contributed by atoms with Crippen LogP contribution in [0.25, 0.3) is 11.1 Å². The van der Waals surface area contributed by atoms with Crippen molar-refractivity contribution >= 4 is 5.97 Å². The predicted molar refractivity (Wildman–Crippen MR) is 81.2 cm³/mol. The molecule has 0 aliphatic carbocycles. The van der Waals surface area contributed by atoms with E-state index in [0.29, 0.717) is 24.3 Å². The van der Waals surface area contributed by atoms with Crippen LogP contribution in [-0.2, 0) is 9.53 Å². The monoisotopic (exact) mass is 300 g/mol. The molecule has 1 aliphatic rings. The van der Waals surface area contributed by atoms with Crippen LogP contribution < -0.4 is 4.74 Å². The van der Waals surface area contributed by atoms with Crippen LogP contribution in [0.4, 0.5) is 4.39 Å². The van der Waals surface area contributed by atoms with Gasteiger partial charge in [0, 0.05) is 6.61 Å². The molecule has 1 aliphatic heterocycles. The highest BCUT2D eigenvalue weighted by molar-refractivity contribution is 5.77. The van der Waals surface area contributed by atoms with Crippen LogP contribution in [0.1, 0.15) is 18.4 Å². The minimum atomic E-state index is -0.453. The lowest BCUT2D eigenvalue weighted by Gasteiger charge is -2.10. The number of carbonyl (C=O) groups excluding carboxylic acids is 1. The molecular weight excluding hydrogens is 283 g/mol. The third kappa shape index (κ3) is 3.17. The highest BCUT2D eigenvalue weighted by Crippen LogP contribution is 2.25. The summed E-state index contributed by atoms with van der Waals surface area (Å²) in [5.41, 5.74) is 2.28. The summed E-state index contributed by atoms with van der Waals surface area (Å²) in [6, 6.07) is 12.1. The van der Waals surface area contributed by atoms with Crippen molar-refractivity contribution in [1.29, 1.82) is 0 Å². The number of halogens is 1. The van der Waals surface area contributed by atoms with Gasteiger partial charge in [0.25, 0.3) is 0 Å². The van der Waals surface area contributed by atoms with Crippen LogP contribution in [-0.4, -0.2) is 18.7 Å². The molecule has 0 radical (unpaired) electrons. The summed E-state index contributed by atoms with van der Waals surface area (Å²) < 4.78 is 24.2. The van der Waals surface area contributed by atoms with Gasteiger partial charge in [-0.2, -0.15) is 0 Å². The molecule has 1 saturated heterocycles. The van der Waals surface area contributed by atoms with Crippen LogP contribution in [0, 0.1) is 12.7 Å². The maximum absolute atomic E-state index is 13.6. The third-order valence-electron chi connectivity index (χ3n) is 3.77. The zero-order chi connectivity index (χ0) is 15.5. The maximum Gasteiger partial charge on any atom is 0.340 e. The predicted octanol–water partition coefficient (Wildman–Crippen LogP) is 3.89. The Morgan fingerprint density at radius 1 is 1.18 bits per heavy atom. The smallest absolute Gasteiger partial charge is 0.340 e. The lowest BCUT2D eigenvalue weighted by molar-refractivity contribution is -0.144. The van der Waals surface area contributed by atoms with Gasteiger partial charge in [-0.3, -0.25) is 0 Å². The van der Waals surface area contributed by atoms with Gasteiger partial charge in [0.05, 0.1) is 0 Å². The van der Waals surface area contributed by atoms with E-state index in [1.54, 1.807) is 25.1 Å². The van der Waals surface area contributed by atoms with Crippen LogP contribution >= 0.6 is 0 Å². The third-order valence-corrected chi connectivity index (χ3v) is 3.77. The van der Waals surface area contributed by atoms with Crippen LogP contribution in [0.15, 0.2) is 42.5 Å². The Bertz CT molecular complexity index is 673. The Labute approximate surface area is 128 Å². The van der Waals surface area contributed by atoms with Gasteiger partial charge in [0.2, 0.25) is 0 Å². The fourth-order valence-corrected chi connectivity index (χ4v) is 2.43. The summed E-state index contributed by atoms with van der Waals surface area (Å²) in [5, 5.41) is 0. The molecule has 0 N–H and O–H groups in total. The molecule has 1 heterocycles. The van der Waals surface area contributed by atoms with Gasteiger partial charge in [-0.25, -0.2) is 9.18 Å². The van der Waals surface area contributed by atoms with Gasteiger partial charge < -0.3 is 9.47 Å². The van der Waals surface area contributed by atoms with E-state index in [1.165, 1.54) is 6.07 Å². The van der Waals surface area contributed by atoms with E-state index in [-0.39, 0.29) is 11.8 Å². The standard InChI is InChI=1S/C18H17FO3/c1-12-4-5-14(11-16(12)19)13-6-8-15(9-7-13)22-18(20)17-3-2-10-21-17/h4-9,11,17H,2-3,10H2,1H3. The van der Waals surface area contributed by atoms with E-state index in [0.717, 1.165) is 17.5 Å². The topological polar surface area (TPSA) is 35.5 Å². The molecule has 1 unspecified atom stereocenters. The zero-order valence-electron chi connectivity index (χ0n) is 12.3. The van der Waals surface area contributed by atoms with Gasteiger partial charge in [0.1, 0.15) is 11.6 Å². The first-order chi connectivity index (χ1) is 10.6. The van der Waals surface area contributed by atoms with E-state index in [2.05, 4.69) is 0 Å². The quantitative estimate of drug-likeness (QED) is 0.637. The molecule has 2 aromatic rings. The fourth-order valence-electron chi connectivity index (χ4n) is 2.43. The average Bonchev–Trinajstić information content (AvgIpc) is 3.05. The Balaban J connectivity index is 1.72. The van der Waals surface area contributed by atoms with E-state index in [9.17, 15) is 9.18 Å². The number of rotatable bonds is 3. The molecule has 1 atom stereocenters. The molecule has 0 spiro atoms. The number of benzene rings is 2. The molecule has 4 heteroatoms. The molecular formula is C18H17FO3. The van der Waals surface area contributed by atoms with Crippen molar-refractivity contribution < 1.29 is 18.7 Å². The lowest BCUT2D eigenvalue weighted by Crippen LogP contribution is -2.24. The largest absolute Gasteiger partial charge is 0.425 e. The van der Waals surface area contributed by atoms with Gasteiger partial charge >= 0.3 is 5.97 Å². The molecule has 22 heavy (non-hydrogen) atoms. The minimum absolute atomic E-state index is 0.230. The average molecular weight is 300 g/mol. The number of aryl methyl sites for hydroxylation is 1. The first-order valence-electron chi connectivity index (χ1n) is 7.33. The Hall–Kier alpha value is -2.20. The number of ether oxygens (including phenoxy) is 2. The summed E-state index contributed by atoms with van der Waals surface area (Å²) in [4.78, 5) is 11.9. The van der Waals surface area contributed by atoms with Gasteiger partial charge in [-0.05, 0) is 54.7 Å². The van der Waals surface area contributed by atoms with Crippen LogP contribution in [0.2, 0.25) is 0 Å². The van der Waals surface area contributed by atoms with Crippen LogP contribution in [0.5, 0.6) is 5.75 Å². The second-order valence-corrected chi connectivity index (χ2v) is 5.41. The summed E-state index contributed by atoms with van der Waals surface area (Å²) in [7, 11) is 0. The minimum Gasteiger partial charge on any atom is -0.425 e. The van der Waals surface area contributed by atoms with Gasteiger partial charge in [-0.15, -0.1) is 0 Å². The maximum atomic E-state index is 13.6. The normalized spacial score (nSPS) is 17.5. The lowest BCUT2D eigenvalue weighted by atomic mass is 10.0. The van der Waals surface area contributed by atoms with E-state index in [4.69, 9.17) is 9.47 Å². The summed E-state index contributed by atoms with van der Waals surface area (Å²) in [6.45, 7) is 2.34. The first kappa shape index (κ1) is 14.7. The first-order valence-corrected chi connectivity index (χ1v) is 7.33. The van der Waals surface area contributed by atoms with Crippen LogP contribution in [0.3, 0.4) is 0 Å². The number of esters is 1. The zero-order valence-corrected chi connectivity index (χ0v) is 12.3. The molecule has 2 aromatic carbocycles. The van der Waals surface area contributed by atoms with E-state index in [1.807, 2.05) is 18.2 Å². The van der Waals surface area contributed by atoms with Crippen molar-refractivity contribution in [3.63, 3.8) is 0 Å². The molecule has 1 fully saturated rings. The van der Waals surface area contributed by atoms with Crippen molar-refractivity contribution in [2.45, 2.75) is 25.9 Å². The van der Waals surface area contributed by atoms with Crippen molar-refractivity contribution in [1.82, 2.24) is 0 Å². The highest BCUT2D eigenvalue weighted by Gasteiger charge is 2.25. The Morgan fingerprint density at radius 2 is 1.91 bits per heavy atom. The molecule has 0 bridgehead atoms.